The molecule has 0 saturated heterocycles. The molecule has 0 aliphatic carbocycles. The van der Waals surface area contributed by atoms with Gasteiger partial charge in [-0.15, -0.1) is 0 Å². The number of hydrogen-bond acceptors (Lipinski definition) is 0. The summed E-state index contributed by atoms with van der Waals surface area (Å²) < 4.78 is 11.8. The lowest BCUT2D eigenvalue weighted by molar-refractivity contribution is 0.590. The van der Waals surface area contributed by atoms with E-state index in [0.29, 0.717) is 6.33 Å². The molecular weight excluding hydrogens is 163 g/mol. The monoisotopic (exact) mass is 178 g/mol. The third-order valence-electron chi connectivity index (χ3n) is 2.03. The van der Waals surface area contributed by atoms with E-state index in [2.05, 4.69) is 20.8 Å². The lowest BCUT2D eigenvalue weighted by atomic mass is 9.87. The molecular formula is C12H15F. The van der Waals surface area contributed by atoms with Crippen molar-refractivity contribution in [2.45, 2.75) is 26.2 Å². The first-order valence-electron chi connectivity index (χ1n) is 4.41. The summed E-state index contributed by atoms with van der Waals surface area (Å²) >= 11 is 0. The molecule has 0 heterocycles. The molecule has 0 aliphatic rings. The first-order chi connectivity index (χ1) is 6.04. The molecule has 1 aromatic carbocycles. The largest absolute Gasteiger partial charge is 0.216 e. The van der Waals surface area contributed by atoms with E-state index in [0.717, 1.165) is 5.56 Å². The molecule has 0 unspecified atom stereocenters. The van der Waals surface area contributed by atoms with Gasteiger partial charge in [0.05, 0.1) is 6.33 Å². The standard InChI is InChI=1S/C12H15F/c1-12(2,3)11-6-4-10(5-7-11)8-9-13/h4-9H,1-3H3. The van der Waals surface area contributed by atoms with Crippen molar-refractivity contribution in [1.82, 2.24) is 0 Å². The molecule has 0 spiro atoms. The maximum atomic E-state index is 11.8. The van der Waals surface area contributed by atoms with E-state index in [1.54, 1.807) is 0 Å². The van der Waals surface area contributed by atoms with Gasteiger partial charge in [-0.3, -0.25) is 0 Å². The van der Waals surface area contributed by atoms with Crippen LogP contribution in [0.5, 0.6) is 0 Å². The predicted molar refractivity (Wildman–Crippen MR) is 55.3 cm³/mol. The summed E-state index contributed by atoms with van der Waals surface area (Å²) in [5, 5.41) is 0. The van der Waals surface area contributed by atoms with Crippen LogP contribution >= 0.6 is 0 Å². The topological polar surface area (TPSA) is 0 Å². The molecule has 0 fully saturated rings. The molecule has 0 aromatic heterocycles. The molecule has 0 saturated carbocycles. The summed E-state index contributed by atoms with van der Waals surface area (Å²) in [4.78, 5) is 0. The van der Waals surface area contributed by atoms with Crippen LogP contribution in [0.2, 0.25) is 0 Å². The number of hydrogen-bond donors (Lipinski definition) is 0. The Balaban J connectivity index is 2.94. The van der Waals surface area contributed by atoms with Gasteiger partial charge in [0.15, 0.2) is 0 Å². The second-order valence-electron chi connectivity index (χ2n) is 4.16. The molecule has 1 rings (SSSR count). The highest BCUT2D eigenvalue weighted by Crippen LogP contribution is 2.22. The second kappa shape index (κ2) is 3.73. The second-order valence-corrected chi connectivity index (χ2v) is 4.16. The van der Waals surface area contributed by atoms with E-state index in [1.807, 2.05) is 24.3 Å². The quantitative estimate of drug-likeness (QED) is 0.611. The molecule has 0 nitrogen and oxygen atoms in total. The van der Waals surface area contributed by atoms with Gasteiger partial charge in [-0.2, -0.15) is 0 Å². The van der Waals surface area contributed by atoms with Crippen LogP contribution in [0.15, 0.2) is 30.6 Å². The first kappa shape index (κ1) is 9.97. The smallest absolute Gasteiger partial charge is 0.0872 e. The summed E-state index contributed by atoms with van der Waals surface area (Å²) in [5.74, 6) is 0. The summed E-state index contributed by atoms with van der Waals surface area (Å²) in [5.41, 5.74) is 2.33. The molecule has 13 heavy (non-hydrogen) atoms. The maximum Gasteiger partial charge on any atom is 0.0872 e. The van der Waals surface area contributed by atoms with Crippen LogP contribution in [-0.2, 0) is 5.41 Å². The molecule has 0 radical (unpaired) electrons. The van der Waals surface area contributed by atoms with E-state index >= 15 is 0 Å². The summed E-state index contributed by atoms with van der Waals surface area (Å²) in [6.07, 6.45) is 2.01. The van der Waals surface area contributed by atoms with E-state index in [-0.39, 0.29) is 5.41 Å². The molecule has 0 bridgehead atoms. The van der Waals surface area contributed by atoms with Gasteiger partial charge in [0, 0.05) is 0 Å². The third kappa shape index (κ3) is 2.69. The van der Waals surface area contributed by atoms with E-state index in [1.165, 1.54) is 11.6 Å². The normalized spacial score (nSPS) is 12.3. The van der Waals surface area contributed by atoms with Crippen LogP contribution < -0.4 is 0 Å². The van der Waals surface area contributed by atoms with Gasteiger partial charge in [-0.1, -0.05) is 45.0 Å². The number of rotatable bonds is 1. The Morgan fingerprint density at radius 3 is 2.00 bits per heavy atom. The maximum absolute atomic E-state index is 11.8. The van der Waals surface area contributed by atoms with Crippen molar-refractivity contribution >= 4 is 6.08 Å². The van der Waals surface area contributed by atoms with Crippen molar-refractivity contribution in [2.24, 2.45) is 0 Å². The fraction of sp³-hybridized carbons (Fsp3) is 0.333. The lowest BCUT2D eigenvalue weighted by Crippen LogP contribution is -2.10. The molecule has 0 amide bonds. The van der Waals surface area contributed by atoms with E-state index in [4.69, 9.17) is 0 Å². The molecule has 70 valence electrons. The summed E-state index contributed by atoms with van der Waals surface area (Å²) in [7, 11) is 0. The SMILES string of the molecule is CC(C)(C)c1ccc(C=CF)cc1. The molecule has 1 aromatic rings. The van der Waals surface area contributed by atoms with E-state index < -0.39 is 0 Å². The van der Waals surface area contributed by atoms with Crippen LogP contribution in [0.1, 0.15) is 31.9 Å². The Hall–Kier alpha value is -1.11. The average molecular weight is 178 g/mol. The minimum Gasteiger partial charge on any atom is -0.216 e. The van der Waals surface area contributed by atoms with Gasteiger partial charge in [-0.05, 0) is 22.6 Å². The van der Waals surface area contributed by atoms with Crippen LogP contribution in [0.4, 0.5) is 4.39 Å². The van der Waals surface area contributed by atoms with Gasteiger partial charge in [0.2, 0.25) is 0 Å². The Kier molecular flexibility index (Phi) is 2.86. The summed E-state index contributed by atoms with van der Waals surface area (Å²) in [6, 6.07) is 7.93. The molecule has 0 aliphatic heterocycles. The van der Waals surface area contributed by atoms with Crippen LogP contribution in [0.25, 0.3) is 6.08 Å². The van der Waals surface area contributed by atoms with Gasteiger partial charge >= 0.3 is 0 Å². The minimum atomic E-state index is 0.165. The Morgan fingerprint density at radius 2 is 1.62 bits per heavy atom. The fourth-order valence-corrected chi connectivity index (χ4v) is 1.17. The van der Waals surface area contributed by atoms with Crippen molar-refractivity contribution < 1.29 is 4.39 Å². The van der Waals surface area contributed by atoms with Gasteiger partial charge in [-0.25, -0.2) is 4.39 Å². The van der Waals surface area contributed by atoms with Crippen molar-refractivity contribution in [1.29, 1.82) is 0 Å². The van der Waals surface area contributed by atoms with Gasteiger partial charge in [0.1, 0.15) is 0 Å². The highest BCUT2D eigenvalue weighted by molar-refractivity contribution is 5.49. The van der Waals surface area contributed by atoms with Crippen molar-refractivity contribution in [3.8, 4) is 0 Å². The third-order valence-corrected chi connectivity index (χ3v) is 2.03. The van der Waals surface area contributed by atoms with Gasteiger partial charge < -0.3 is 0 Å². The lowest BCUT2D eigenvalue weighted by Gasteiger charge is -2.18. The number of benzene rings is 1. The zero-order valence-electron chi connectivity index (χ0n) is 8.34. The van der Waals surface area contributed by atoms with Crippen molar-refractivity contribution in [3.63, 3.8) is 0 Å². The fourth-order valence-electron chi connectivity index (χ4n) is 1.17. The highest BCUT2D eigenvalue weighted by atomic mass is 19.1. The van der Waals surface area contributed by atoms with Crippen LogP contribution in [0, 0.1) is 0 Å². The Morgan fingerprint density at radius 1 is 1.08 bits per heavy atom. The predicted octanol–water partition coefficient (Wildman–Crippen LogP) is 3.92. The molecule has 0 N–H and O–H groups in total. The summed E-state index contributed by atoms with van der Waals surface area (Å²) in [6.45, 7) is 6.48. The molecule has 1 heteroatoms. The highest BCUT2D eigenvalue weighted by Gasteiger charge is 2.12. The van der Waals surface area contributed by atoms with Crippen molar-refractivity contribution in [2.75, 3.05) is 0 Å². The zero-order chi connectivity index (χ0) is 9.90. The average Bonchev–Trinajstić information content (AvgIpc) is 2.04. The number of halogens is 1. The van der Waals surface area contributed by atoms with E-state index in [9.17, 15) is 4.39 Å². The van der Waals surface area contributed by atoms with Crippen molar-refractivity contribution in [3.05, 3.63) is 41.7 Å². The van der Waals surface area contributed by atoms with Crippen LogP contribution in [0.3, 0.4) is 0 Å². The Bertz CT molecular complexity index is 288. The minimum absolute atomic E-state index is 0.165. The molecule has 0 atom stereocenters. The van der Waals surface area contributed by atoms with Gasteiger partial charge in [0.25, 0.3) is 0 Å². The Labute approximate surface area is 79.1 Å². The zero-order valence-corrected chi connectivity index (χ0v) is 8.34. The van der Waals surface area contributed by atoms with Crippen LogP contribution in [-0.4, -0.2) is 0 Å². The first-order valence-corrected chi connectivity index (χ1v) is 4.41.